The van der Waals surface area contributed by atoms with Crippen LogP contribution >= 0.6 is 23.2 Å². The van der Waals surface area contributed by atoms with Crippen molar-refractivity contribution in [3.05, 3.63) is 65.4 Å². The van der Waals surface area contributed by atoms with E-state index in [0.29, 0.717) is 10.6 Å². The number of benzene rings is 2. The lowest BCUT2D eigenvalue weighted by atomic mass is 9.96. The molecule has 2 aromatic carbocycles. The molecule has 0 saturated heterocycles. The number of rotatable bonds is 1. The van der Waals surface area contributed by atoms with Gasteiger partial charge in [-0.1, -0.05) is 47.5 Å². The van der Waals surface area contributed by atoms with Crippen LogP contribution in [0.1, 0.15) is 22.2 Å². The van der Waals surface area contributed by atoms with E-state index in [1.54, 1.807) is 12.3 Å². The Kier molecular flexibility index (Phi) is 3.40. The molecule has 0 radical (unpaired) electrons. The molecule has 4 heteroatoms. The number of alkyl halides is 1. The van der Waals surface area contributed by atoms with Crippen LogP contribution in [0.3, 0.4) is 0 Å². The van der Waals surface area contributed by atoms with Gasteiger partial charge in [0.15, 0.2) is 0 Å². The third-order valence-electron chi connectivity index (χ3n) is 3.26. The molecule has 0 aromatic heterocycles. The summed E-state index contributed by atoms with van der Waals surface area (Å²) in [5.74, 6) is 0. The van der Waals surface area contributed by atoms with Crippen molar-refractivity contribution in [1.82, 2.24) is 5.32 Å². The quantitative estimate of drug-likeness (QED) is 0.617. The maximum Gasteiger partial charge on any atom is 0.127 e. The highest BCUT2D eigenvalue weighted by Crippen LogP contribution is 2.36. The van der Waals surface area contributed by atoms with Crippen LogP contribution in [0.2, 0.25) is 0 Å². The lowest BCUT2D eigenvalue weighted by Gasteiger charge is -2.21. The van der Waals surface area contributed by atoms with Crippen molar-refractivity contribution in [1.29, 1.82) is 5.26 Å². The molecule has 0 spiro atoms. The second-order valence-corrected chi connectivity index (χ2v) is 5.36. The second kappa shape index (κ2) is 5.20. The first kappa shape index (κ1) is 13.1. The molecule has 1 aliphatic rings. The van der Waals surface area contributed by atoms with Crippen molar-refractivity contribution in [2.45, 2.75) is 5.50 Å². The van der Waals surface area contributed by atoms with Crippen molar-refractivity contribution < 1.29 is 0 Å². The van der Waals surface area contributed by atoms with Gasteiger partial charge in [0.25, 0.3) is 0 Å². The van der Waals surface area contributed by atoms with E-state index in [2.05, 4.69) is 11.4 Å². The van der Waals surface area contributed by atoms with Gasteiger partial charge < -0.3 is 5.32 Å². The van der Waals surface area contributed by atoms with Gasteiger partial charge in [-0.25, -0.2) is 0 Å². The van der Waals surface area contributed by atoms with Crippen LogP contribution in [0.15, 0.2) is 48.7 Å². The first-order valence-electron chi connectivity index (χ1n) is 6.09. The highest BCUT2D eigenvalue weighted by atomic mass is 35.5. The van der Waals surface area contributed by atoms with Gasteiger partial charge >= 0.3 is 0 Å². The molecule has 0 saturated carbocycles. The van der Waals surface area contributed by atoms with Crippen LogP contribution < -0.4 is 5.32 Å². The van der Waals surface area contributed by atoms with Gasteiger partial charge in [0.1, 0.15) is 5.50 Å². The van der Waals surface area contributed by atoms with Crippen molar-refractivity contribution in [3.63, 3.8) is 0 Å². The van der Waals surface area contributed by atoms with E-state index in [1.807, 2.05) is 36.4 Å². The highest BCUT2D eigenvalue weighted by molar-refractivity contribution is 6.49. The predicted octanol–water partition coefficient (Wildman–Crippen LogP) is 4.60. The number of nitrogens with zero attached hydrogens (tertiary/aromatic N) is 1. The Labute approximate surface area is 127 Å². The van der Waals surface area contributed by atoms with Crippen LogP contribution in [0.4, 0.5) is 0 Å². The fourth-order valence-electron chi connectivity index (χ4n) is 2.25. The first-order chi connectivity index (χ1) is 9.69. The molecule has 2 nitrogen and oxygen atoms in total. The average Bonchev–Trinajstić information content (AvgIpc) is 2.51. The van der Waals surface area contributed by atoms with Gasteiger partial charge in [0.05, 0.1) is 16.7 Å². The minimum absolute atomic E-state index is 0.299. The van der Waals surface area contributed by atoms with Gasteiger partial charge in [0, 0.05) is 11.8 Å². The zero-order chi connectivity index (χ0) is 14.1. The molecule has 0 fully saturated rings. The Balaban J connectivity index is 2.11. The third-order valence-corrected chi connectivity index (χ3v) is 3.94. The zero-order valence-electron chi connectivity index (χ0n) is 10.4. The molecule has 1 aliphatic heterocycles. The third kappa shape index (κ3) is 2.27. The van der Waals surface area contributed by atoms with Gasteiger partial charge in [-0.15, -0.1) is 0 Å². The van der Waals surface area contributed by atoms with Crippen LogP contribution in [-0.4, -0.2) is 0 Å². The summed E-state index contributed by atoms with van der Waals surface area (Å²) in [6.07, 6.45) is 1.71. The lowest BCUT2D eigenvalue weighted by Crippen LogP contribution is -2.15. The summed E-state index contributed by atoms with van der Waals surface area (Å²) in [5, 5.41) is 12.6. The normalized spacial score (nSPS) is 16.6. The minimum atomic E-state index is -0.299. The molecule has 0 aliphatic carbocycles. The van der Waals surface area contributed by atoms with E-state index in [-0.39, 0.29) is 5.50 Å². The van der Waals surface area contributed by atoms with E-state index in [0.717, 1.165) is 22.3 Å². The SMILES string of the molecule is N#Cc1cccc(-c2ccc3c(c2)C(Cl)NC=C3Cl)c1. The number of hydrogen-bond acceptors (Lipinski definition) is 2. The topological polar surface area (TPSA) is 35.8 Å². The molecule has 2 aromatic rings. The van der Waals surface area contributed by atoms with Crippen molar-refractivity contribution in [2.75, 3.05) is 0 Å². The molecule has 0 amide bonds. The van der Waals surface area contributed by atoms with Crippen molar-refractivity contribution in [3.8, 4) is 17.2 Å². The maximum atomic E-state index is 8.97. The van der Waals surface area contributed by atoms with E-state index in [4.69, 9.17) is 28.5 Å². The molecule has 98 valence electrons. The number of nitriles is 1. The highest BCUT2D eigenvalue weighted by Gasteiger charge is 2.18. The summed E-state index contributed by atoms with van der Waals surface area (Å²) >= 11 is 12.4. The number of fused-ring (bicyclic) bond motifs is 1. The monoisotopic (exact) mass is 300 g/mol. The van der Waals surface area contributed by atoms with Crippen LogP contribution in [0, 0.1) is 11.3 Å². The lowest BCUT2D eigenvalue weighted by molar-refractivity contribution is 0.820. The van der Waals surface area contributed by atoms with Crippen LogP contribution in [-0.2, 0) is 0 Å². The number of hydrogen-bond donors (Lipinski definition) is 1. The number of halogens is 2. The molecule has 1 N–H and O–H groups in total. The Hall–Kier alpha value is -1.95. The van der Waals surface area contributed by atoms with E-state index in [9.17, 15) is 0 Å². The van der Waals surface area contributed by atoms with Gasteiger partial charge in [0.2, 0.25) is 0 Å². The summed E-state index contributed by atoms with van der Waals surface area (Å²) in [6.45, 7) is 0. The minimum Gasteiger partial charge on any atom is -0.370 e. The predicted molar refractivity (Wildman–Crippen MR) is 82.2 cm³/mol. The van der Waals surface area contributed by atoms with Crippen LogP contribution in [0.25, 0.3) is 16.2 Å². The molecule has 3 rings (SSSR count). The van der Waals surface area contributed by atoms with E-state index in [1.165, 1.54) is 0 Å². The zero-order valence-corrected chi connectivity index (χ0v) is 11.9. The van der Waals surface area contributed by atoms with Crippen LogP contribution in [0.5, 0.6) is 0 Å². The first-order valence-corrected chi connectivity index (χ1v) is 6.91. The fraction of sp³-hybridized carbons (Fsp3) is 0.0625. The molecular formula is C16H10Cl2N2. The molecular weight excluding hydrogens is 291 g/mol. The fourth-order valence-corrected chi connectivity index (χ4v) is 2.73. The summed E-state index contributed by atoms with van der Waals surface area (Å²) in [4.78, 5) is 0. The summed E-state index contributed by atoms with van der Waals surface area (Å²) in [7, 11) is 0. The molecule has 1 atom stereocenters. The van der Waals surface area contributed by atoms with Gasteiger partial charge in [-0.2, -0.15) is 5.26 Å². The largest absolute Gasteiger partial charge is 0.370 e. The van der Waals surface area contributed by atoms with Gasteiger partial charge in [-0.3, -0.25) is 0 Å². The smallest absolute Gasteiger partial charge is 0.127 e. The van der Waals surface area contributed by atoms with Crippen molar-refractivity contribution in [2.24, 2.45) is 0 Å². The Morgan fingerprint density at radius 3 is 2.70 bits per heavy atom. The van der Waals surface area contributed by atoms with E-state index < -0.39 is 0 Å². The molecule has 0 bridgehead atoms. The molecule has 20 heavy (non-hydrogen) atoms. The van der Waals surface area contributed by atoms with E-state index >= 15 is 0 Å². The Morgan fingerprint density at radius 2 is 1.90 bits per heavy atom. The average molecular weight is 301 g/mol. The summed E-state index contributed by atoms with van der Waals surface area (Å²) in [5.41, 5.74) is 4.22. The maximum absolute atomic E-state index is 8.97. The standard InChI is InChI=1S/C16H10Cl2N2/c17-15-9-20-16(18)14-7-12(4-5-13(14)15)11-3-1-2-10(6-11)8-19/h1-7,9,16,20H. The molecule has 1 unspecified atom stereocenters. The van der Waals surface area contributed by atoms with Crippen molar-refractivity contribution >= 4 is 28.2 Å². The number of nitrogens with one attached hydrogen (secondary N) is 1. The van der Waals surface area contributed by atoms with Gasteiger partial charge in [-0.05, 0) is 34.9 Å². The summed E-state index contributed by atoms with van der Waals surface area (Å²) in [6, 6.07) is 15.6. The Bertz CT molecular complexity index is 744. The molecule has 1 heterocycles. The summed E-state index contributed by atoms with van der Waals surface area (Å²) < 4.78 is 0. The second-order valence-electron chi connectivity index (χ2n) is 4.52. The Morgan fingerprint density at radius 1 is 1.10 bits per heavy atom.